The molecule has 2 aromatic carbocycles. The Bertz CT molecular complexity index is 720. The largest absolute Gasteiger partial charge is 0.345 e. The molecule has 0 aliphatic carbocycles. The first-order valence-corrected chi connectivity index (χ1v) is 8.45. The summed E-state index contributed by atoms with van der Waals surface area (Å²) in [7, 11) is 0. The minimum atomic E-state index is -0.401. The lowest BCUT2D eigenvalue weighted by Gasteiger charge is -2.33. The summed E-state index contributed by atoms with van der Waals surface area (Å²) < 4.78 is 13.3. The molecule has 0 aromatic heterocycles. The van der Waals surface area contributed by atoms with E-state index in [0.717, 1.165) is 24.2 Å². The van der Waals surface area contributed by atoms with Crippen LogP contribution in [0.2, 0.25) is 5.02 Å². The second kappa shape index (κ2) is 8.65. The van der Waals surface area contributed by atoms with E-state index in [1.165, 1.54) is 12.1 Å². The van der Waals surface area contributed by atoms with E-state index in [-0.39, 0.29) is 30.0 Å². The third-order valence-electron chi connectivity index (χ3n) is 4.64. The summed E-state index contributed by atoms with van der Waals surface area (Å²) in [5.41, 5.74) is 1.61. The summed E-state index contributed by atoms with van der Waals surface area (Å²) in [6, 6.07) is 13.1. The van der Waals surface area contributed by atoms with Crippen molar-refractivity contribution in [1.29, 1.82) is 0 Å². The van der Waals surface area contributed by atoms with Gasteiger partial charge in [-0.05, 0) is 48.3 Å². The SMILES string of the molecule is CC(C(=O)NC(c1ccc(F)cc1)c1ccccc1Cl)C1CNC1.Cl. The molecule has 0 saturated carbocycles. The minimum Gasteiger partial charge on any atom is -0.345 e. The van der Waals surface area contributed by atoms with Crippen LogP contribution in [0.25, 0.3) is 0 Å². The molecule has 3 nitrogen and oxygen atoms in total. The van der Waals surface area contributed by atoms with Crippen molar-refractivity contribution < 1.29 is 9.18 Å². The topological polar surface area (TPSA) is 41.1 Å². The van der Waals surface area contributed by atoms with Crippen molar-refractivity contribution >= 4 is 29.9 Å². The first-order valence-electron chi connectivity index (χ1n) is 8.07. The van der Waals surface area contributed by atoms with Gasteiger partial charge in [-0.3, -0.25) is 4.79 Å². The molecule has 2 atom stereocenters. The van der Waals surface area contributed by atoms with Crippen LogP contribution < -0.4 is 10.6 Å². The molecular weight excluding hydrogens is 362 g/mol. The number of carbonyl (C=O) groups excluding carboxylic acids is 1. The molecule has 134 valence electrons. The lowest BCUT2D eigenvalue weighted by atomic mass is 9.87. The maximum Gasteiger partial charge on any atom is 0.223 e. The van der Waals surface area contributed by atoms with E-state index in [1.807, 2.05) is 25.1 Å². The third-order valence-corrected chi connectivity index (χ3v) is 4.98. The normalized spacial score (nSPS) is 16.3. The number of hydrogen-bond acceptors (Lipinski definition) is 2. The highest BCUT2D eigenvalue weighted by Crippen LogP contribution is 2.29. The molecule has 2 N–H and O–H groups in total. The number of rotatable bonds is 5. The van der Waals surface area contributed by atoms with Gasteiger partial charge in [-0.2, -0.15) is 0 Å². The number of carbonyl (C=O) groups is 1. The number of benzene rings is 2. The van der Waals surface area contributed by atoms with Gasteiger partial charge in [0.25, 0.3) is 0 Å². The zero-order valence-corrected chi connectivity index (χ0v) is 15.4. The van der Waals surface area contributed by atoms with Crippen LogP contribution in [0.15, 0.2) is 48.5 Å². The first kappa shape index (κ1) is 19.7. The highest BCUT2D eigenvalue weighted by atomic mass is 35.5. The van der Waals surface area contributed by atoms with E-state index < -0.39 is 6.04 Å². The third kappa shape index (κ3) is 4.51. The van der Waals surface area contributed by atoms with Crippen molar-refractivity contribution in [2.45, 2.75) is 13.0 Å². The van der Waals surface area contributed by atoms with Crippen molar-refractivity contribution in [2.24, 2.45) is 11.8 Å². The maximum atomic E-state index is 13.3. The Hall–Kier alpha value is -1.62. The lowest BCUT2D eigenvalue weighted by Crippen LogP contribution is -2.50. The van der Waals surface area contributed by atoms with E-state index in [0.29, 0.717) is 10.9 Å². The molecule has 3 rings (SSSR count). The summed E-state index contributed by atoms with van der Waals surface area (Å²) >= 11 is 6.33. The molecule has 2 unspecified atom stereocenters. The van der Waals surface area contributed by atoms with Crippen LogP contribution in [0, 0.1) is 17.7 Å². The van der Waals surface area contributed by atoms with Crippen molar-refractivity contribution in [3.8, 4) is 0 Å². The zero-order chi connectivity index (χ0) is 17.1. The molecule has 25 heavy (non-hydrogen) atoms. The first-order chi connectivity index (χ1) is 11.6. The molecule has 1 amide bonds. The quantitative estimate of drug-likeness (QED) is 0.821. The Kier molecular flexibility index (Phi) is 6.82. The van der Waals surface area contributed by atoms with Gasteiger partial charge in [-0.15, -0.1) is 12.4 Å². The Morgan fingerprint density at radius 2 is 1.84 bits per heavy atom. The Morgan fingerprint density at radius 1 is 1.20 bits per heavy atom. The molecule has 6 heteroatoms. The van der Waals surface area contributed by atoms with Crippen molar-refractivity contribution in [3.05, 3.63) is 70.5 Å². The molecule has 1 aliphatic rings. The summed E-state index contributed by atoms with van der Waals surface area (Å²) in [4.78, 5) is 12.7. The van der Waals surface area contributed by atoms with Crippen molar-refractivity contribution in [2.75, 3.05) is 13.1 Å². The number of halogens is 3. The summed E-state index contributed by atoms with van der Waals surface area (Å²) in [6.07, 6.45) is 0. The van der Waals surface area contributed by atoms with Gasteiger partial charge in [0.1, 0.15) is 5.82 Å². The van der Waals surface area contributed by atoms with Crippen LogP contribution >= 0.6 is 24.0 Å². The van der Waals surface area contributed by atoms with E-state index in [1.54, 1.807) is 18.2 Å². The average Bonchev–Trinajstić information content (AvgIpc) is 2.52. The fourth-order valence-electron chi connectivity index (χ4n) is 2.86. The van der Waals surface area contributed by atoms with E-state index in [4.69, 9.17) is 11.6 Å². The van der Waals surface area contributed by atoms with E-state index in [9.17, 15) is 9.18 Å². The Balaban J connectivity index is 0.00000225. The van der Waals surface area contributed by atoms with Gasteiger partial charge in [0.05, 0.1) is 6.04 Å². The van der Waals surface area contributed by atoms with Gasteiger partial charge in [0, 0.05) is 10.9 Å². The number of nitrogens with one attached hydrogen (secondary N) is 2. The number of hydrogen-bond donors (Lipinski definition) is 2. The summed E-state index contributed by atoms with van der Waals surface area (Å²) in [6.45, 7) is 3.67. The van der Waals surface area contributed by atoms with Gasteiger partial charge < -0.3 is 10.6 Å². The monoisotopic (exact) mass is 382 g/mol. The molecule has 0 spiro atoms. The van der Waals surface area contributed by atoms with Gasteiger partial charge in [-0.25, -0.2) is 4.39 Å². The molecule has 0 bridgehead atoms. The van der Waals surface area contributed by atoms with Crippen LogP contribution in [0.3, 0.4) is 0 Å². The molecule has 1 heterocycles. The van der Waals surface area contributed by atoms with Gasteiger partial charge in [0.2, 0.25) is 5.91 Å². The maximum absolute atomic E-state index is 13.3. The molecular formula is C19H21Cl2FN2O. The van der Waals surface area contributed by atoms with Gasteiger partial charge >= 0.3 is 0 Å². The van der Waals surface area contributed by atoms with Gasteiger partial charge in [0.15, 0.2) is 0 Å². The highest BCUT2D eigenvalue weighted by Gasteiger charge is 2.30. The van der Waals surface area contributed by atoms with E-state index >= 15 is 0 Å². The van der Waals surface area contributed by atoms with Crippen molar-refractivity contribution in [1.82, 2.24) is 10.6 Å². The van der Waals surface area contributed by atoms with Gasteiger partial charge in [-0.1, -0.05) is 48.9 Å². The van der Waals surface area contributed by atoms with Crippen LogP contribution in [0.4, 0.5) is 4.39 Å². The number of amides is 1. The second-order valence-electron chi connectivity index (χ2n) is 6.22. The molecule has 0 radical (unpaired) electrons. The second-order valence-corrected chi connectivity index (χ2v) is 6.63. The highest BCUT2D eigenvalue weighted by molar-refractivity contribution is 6.31. The van der Waals surface area contributed by atoms with E-state index in [2.05, 4.69) is 10.6 Å². The summed E-state index contributed by atoms with van der Waals surface area (Å²) in [5, 5.41) is 6.85. The zero-order valence-electron chi connectivity index (χ0n) is 13.8. The van der Waals surface area contributed by atoms with Crippen molar-refractivity contribution in [3.63, 3.8) is 0 Å². The van der Waals surface area contributed by atoms with Crippen LogP contribution in [-0.4, -0.2) is 19.0 Å². The lowest BCUT2D eigenvalue weighted by molar-refractivity contribution is -0.127. The fraction of sp³-hybridized carbons (Fsp3) is 0.316. The van der Waals surface area contributed by atoms with Crippen LogP contribution in [0.1, 0.15) is 24.1 Å². The minimum absolute atomic E-state index is 0. The molecule has 1 saturated heterocycles. The summed E-state index contributed by atoms with van der Waals surface area (Å²) in [5.74, 6) is -0.0607. The molecule has 1 fully saturated rings. The fourth-order valence-corrected chi connectivity index (χ4v) is 3.10. The predicted octanol–water partition coefficient (Wildman–Crippen LogP) is 3.96. The smallest absolute Gasteiger partial charge is 0.223 e. The Labute approximate surface area is 158 Å². The predicted molar refractivity (Wildman–Crippen MR) is 101 cm³/mol. The Morgan fingerprint density at radius 3 is 2.40 bits per heavy atom. The average molecular weight is 383 g/mol. The standard InChI is InChI=1S/C19H20ClFN2O.ClH/c1-12(14-10-22-11-14)19(24)23-18(13-6-8-15(21)9-7-13)16-4-2-3-5-17(16)20;/h2-9,12,14,18,22H,10-11H2,1H3,(H,23,24);1H. The molecule has 1 aliphatic heterocycles. The van der Waals surface area contributed by atoms with Crippen LogP contribution in [-0.2, 0) is 4.79 Å². The van der Waals surface area contributed by atoms with Crippen LogP contribution in [0.5, 0.6) is 0 Å². The molecule has 2 aromatic rings.